The van der Waals surface area contributed by atoms with Crippen LogP contribution in [-0.4, -0.2) is 51.6 Å². The van der Waals surface area contributed by atoms with Crippen LogP contribution in [0.25, 0.3) is 10.9 Å². The van der Waals surface area contributed by atoms with Crippen molar-refractivity contribution in [3.63, 3.8) is 0 Å². The van der Waals surface area contributed by atoms with Gasteiger partial charge in [-0.1, -0.05) is 0 Å². The zero-order chi connectivity index (χ0) is 21.9. The van der Waals surface area contributed by atoms with Gasteiger partial charge in [0.25, 0.3) is 5.69 Å². The molecule has 0 unspecified atom stereocenters. The fraction of sp³-hybridized carbons (Fsp3) is 0.524. The van der Waals surface area contributed by atoms with Gasteiger partial charge in [0.15, 0.2) is 0 Å². The van der Waals surface area contributed by atoms with E-state index in [1.807, 2.05) is 30.2 Å². The second-order valence-corrected chi connectivity index (χ2v) is 8.65. The first-order valence-corrected chi connectivity index (χ1v) is 10.1. The molecule has 2 amide bonds. The summed E-state index contributed by atoms with van der Waals surface area (Å²) in [4.78, 5) is 36.8. The Bertz CT molecular complexity index is 939. The molecule has 0 spiro atoms. The van der Waals surface area contributed by atoms with Gasteiger partial charge in [-0.2, -0.15) is 0 Å². The molecule has 2 heterocycles. The number of benzene rings is 1. The summed E-state index contributed by atoms with van der Waals surface area (Å²) in [5.41, 5.74) is 0.312. The Morgan fingerprint density at radius 1 is 1.23 bits per heavy atom. The fourth-order valence-corrected chi connectivity index (χ4v) is 3.61. The second kappa shape index (κ2) is 8.73. The lowest BCUT2D eigenvalue weighted by Gasteiger charge is -2.32. The summed E-state index contributed by atoms with van der Waals surface area (Å²) in [6.45, 7) is 7.50. The smallest absolute Gasteiger partial charge is 0.407 e. The summed E-state index contributed by atoms with van der Waals surface area (Å²) >= 11 is 0. The van der Waals surface area contributed by atoms with E-state index >= 15 is 0 Å². The van der Waals surface area contributed by atoms with E-state index < -0.39 is 16.6 Å². The highest BCUT2D eigenvalue weighted by atomic mass is 16.6. The Kier molecular flexibility index (Phi) is 6.28. The molecule has 1 aliphatic rings. The van der Waals surface area contributed by atoms with Gasteiger partial charge >= 0.3 is 6.09 Å². The van der Waals surface area contributed by atoms with Crippen molar-refractivity contribution in [1.29, 1.82) is 0 Å². The van der Waals surface area contributed by atoms with Gasteiger partial charge in [0, 0.05) is 48.9 Å². The number of amides is 2. The maximum atomic E-state index is 12.7. The first kappa shape index (κ1) is 21.6. The fourth-order valence-electron chi connectivity index (χ4n) is 3.61. The van der Waals surface area contributed by atoms with Gasteiger partial charge in [-0.25, -0.2) is 4.79 Å². The number of hydrogen-bond donors (Lipinski definition) is 1. The predicted octanol–water partition coefficient (Wildman–Crippen LogP) is 3.31. The SMILES string of the molecule is CC(C)(C)OC(=O)NCC1CCN(C(=O)Cn2ccc3cc([N+](=O)[O-])ccc32)CC1. The topological polar surface area (TPSA) is 107 Å². The first-order valence-electron chi connectivity index (χ1n) is 10.1. The van der Waals surface area contributed by atoms with Crippen LogP contribution < -0.4 is 5.32 Å². The molecule has 1 aromatic carbocycles. The molecule has 1 aromatic heterocycles. The number of aromatic nitrogens is 1. The number of alkyl carbamates (subject to hydrolysis) is 1. The molecular formula is C21H28N4O5. The molecule has 162 valence electrons. The van der Waals surface area contributed by atoms with Gasteiger partial charge < -0.3 is 19.5 Å². The van der Waals surface area contributed by atoms with E-state index in [0.717, 1.165) is 23.7 Å². The van der Waals surface area contributed by atoms with E-state index in [1.54, 1.807) is 18.3 Å². The summed E-state index contributed by atoms with van der Waals surface area (Å²) in [5, 5.41) is 14.5. The Morgan fingerprint density at radius 3 is 2.57 bits per heavy atom. The van der Waals surface area contributed by atoms with E-state index in [9.17, 15) is 19.7 Å². The van der Waals surface area contributed by atoms with Gasteiger partial charge in [0.1, 0.15) is 12.1 Å². The van der Waals surface area contributed by atoms with Crippen molar-refractivity contribution < 1.29 is 19.2 Å². The third-order valence-corrected chi connectivity index (χ3v) is 5.17. The van der Waals surface area contributed by atoms with Crippen LogP contribution >= 0.6 is 0 Å². The number of nitro benzene ring substituents is 1. The second-order valence-electron chi connectivity index (χ2n) is 8.65. The minimum atomic E-state index is -0.520. The van der Waals surface area contributed by atoms with Crippen molar-refractivity contribution in [2.24, 2.45) is 5.92 Å². The van der Waals surface area contributed by atoms with Crippen LogP contribution in [0.4, 0.5) is 10.5 Å². The van der Waals surface area contributed by atoms with Crippen LogP contribution in [0.5, 0.6) is 0 Å². The molecule has 0 aliphatic carbocycles. The van der Waals surface area contributed by atoms with Crippen LogP contribution in [0.1, 0.15) is 33.6 Å². The van der Waals surface area contributed by atoms with Crippen LogP contribution in [0, 0.1) is 16.0 Å². The maximum absolute atomic E-state index is 12.7. The van der Waals surface area contributed by atoms with Crippen LogP contribution in [0.2, 0.25) is 0 Å². The quantitative estimate of drug-likeness (QED) is 0.594. The molecule has 1 fully saturated rings. The Balaban J connectivity index is 1.49. The molecule has 1 saturated heterocycles. The molecule has 2 aromatic rings. The summed E-state index contributed by atoms with van der Waals surface area (Å²) < 4.78 is 7.06. The number of likely N-dealkylation sites (tertiary alicyclic amines) is 1. The number of ether oxygens (including phenoxy) is 1. The number of carbonyl (C=O) groups excluding carboxylic acids is 2. The minimum absolute atomic E-state index is 0.0180. The van der Waals surface area contributed by atoms with Crippen LogP contribution in [0.15, 0.2) is 30.5 Å². The molecule has 0 bridgehead atoms. The van der Waals surface area contributed by atoms with Crippen molar-refractivity contribution in [3.8, 4) is 0 Å². The number of nitrogens with one attached hydrogen (secondary N) is 1. The monoisotopic (exact) mass is 416 g/mol. The first-order chi connectivity index (χ1) is 14.1. The minimum Gasteiger partial charge on any atom is -0.444 e. The number of piperidine rings is 1. The lowest BCUT2D eigenvalue weighted by molar-refractivity contribution is -0.384. The van der Waals surface area contributed by atoms with Crippen LogP contribution in [0.3, 0.4) is 0 Å². The number of fused-ring (bicyclic) bond motifs is 1. The molecule has 3 rings (SSSR count). The van der Waals surface area contributed by atoms with Gasteiger partial charge in [0.05, 0.1) is 4.92 Å². The van der Waals surface area contributed by atoms with E-state index in [4.69, 9.17) is 4.74 Å². The summed E-state index contributed by atoms with van der Waals surface area (Å²) in [5.74, 6) is 0.332. The highest BCUT2D eigenvalue weighted by Crippen LogP contribution is 2.23. The average molecular weight is 416 g/mol. The zero-order valence-electron chi connectivity index (χ0n) is 17.6. The normalized spacial score (nSPS) is 15.2. The van der Waals surface area contributed by atoms with Crippen molar-refractivity contribution in [2.45, 2.75) is 45.8 Å². The van der Waals surface area contributed by atoms with Crippen LogP contribution in [-0.2, 0) is 16.1 Å². The lowest BCUT2D eigenvalue weighted by Crippen LogP contribution is -2.43. The number of carbonyl (C=O) groups is 2. The van der Waals surface area contributed by atoms with Gasteiger partial charge in [-0.3, -0.25) is 14.9 Å². The maximum Gasteiger partial charge on any atom is 0.407 e. The number of nitro groups is 1. The number of rotatable bonds is 5. The standard InChI is InChI=1S/C21H28N4O5/c1-21(2,3)30-20(27)22-13-15-6-9-23(10-7-15)19(26)14-24-11-8-16-12-17(25(28)29)4-5-18(16)24/h4-5,8,11-12,15H,6-7,9-10,13-14H2,1-3H3,(H,22,27). The predicted molar refractivity (Wildman–Crippen MR) is 112 cm³/mol. The number of hydrogen-bond acceptors (Lipinski definition) is 5. The Labute approximate surface area is 175 Å². The molecule has 30 heavy (non-hydrogen) atoms. The molecule has 1 aliphatic heterocycles. The van der Waals surface area contributed by atoms with Crippen molar-refractivity contribution in [3.05, 3.63) is 40.6 Å². The van der Waals surface area contributed by atoms with E-state index in [1.165, 1.54) is 12.1 Å². The van der Waals surface area contributed by atoms with E-state index in [-0.39, 0.29) is 18.1 Å². The lowest BCUT2D eigenvalue weighted by atomic mass is 9.97. The Morgan fingerprint density at radius 2 is 1.93 bits per heavy atom. The molecule has 1 N–H and O–H groups in total. The van der Waals surface area contributed by atoms with Gasteiger partial charge in [-0.15, -0.1) is 0 Å². The van der Waals surface area contributed by atoms with E-state index in [2.05, 4.69) is 5.32 Å². The van der Waals surface area contributed by atoms with Crippen molar-refractivity contribution in [2.75, 3.05) is 19.6 Å². The average Bonchev–Trinajstić information content (AvgIpc) is 3.07. The summed E-state index contributed by atoms with van der Waals surface area (Å²) in [7, 11) is 0. The Hall–Kier alpha value is -3.10. The van der Waals surface area contributed by atoms with Crippen molar-refractivity contribution >= 4 is 28.6 Å². The van der Waals surface area contributed by atoms with E-state index in [0.29, 0.717) is 25.6 Å². The number of nitrogens with zero attached hydrogens (tertiary/aromatic N) is 3. The molecule has 9 heteroatoms. The molecular weight excluding hydrogens is 388 g/mol. The molecule has 9 nitrogen and oxygen atoms in total. The van der Waals surface area contributed by atoms with Gasteiger partial charge in [-0.05, 0) is 51.7 Å². The highest BCUT2D eigenvalue weighted by molar-refractivity contribution is 5.85. The largest absolute Gasteiger partial charge is 0.444 e. The molecule has 0 saturated carbocycles. The van der Waals surface area contributed by atoms with Gasteiger partial charge in [0.2, 0.25) is 5.91 Å². The third-order valence-electron chi connectivity index (χ3n) is 5.17. The number of non-ortho nitro benzene ring substituents is 1. The molecule has 0 atom stereocenters. The highest BCUT2D eigenvalue weighted by Gasteiger charge is 2.24. The summed E-state index contributed by atoms with van der Waals surface area (Å²) in [6, 6.07) is 6.42. The zero-order valence-corrected chi connectivity index (χ0v) is 17.6. The molecule has 0 radical (unpaired) electrons. The summed E-state index contributed by atoms with van der Waals surface area (Å²) in [6.07, 6.45) is 3.00. The third kappa shape index (κ3) is 5.49. The van der Waals surface area contributed by atoms with Crippen molar-refractivity contribution in [1.82, 2.24) is 14.8 Å².